The summed E-state index contributed by atoms with van der Waals surface area (Å²) < 4.78 is 10.8. The van der Waals surface area contributed by atoms with E-state index in [-0.39, 0.29) is 24.1 Å². The topological polar surface area (TPSA) is 68.5 Å². The minimum atomic E-state index is -0.627. The molecule has 0 aliphatic carbocycles. The summed E-state index contributed by atoms with van der Waals surface area (Å²) in [4.78, 5) is 25.2. The van der Waals surface area contributed by atoms with Crippen molar-refractivity contribution in [3.8, 4) is 5.75 Å². The molecule has 1 N–H and O–H groups in total. The Morgan fingerprint density at radius 2 is 1.80 bits per heavy atom. The summed E-state index contributed by atoms with van der Waals surface area (Å²) in [6, 6.07) is 19.4. The molecule has 1 unspecified atom stereocenters. The summed E-state index contributed by atoms with van der Waals surface area (Å²) in [7, 11) is 0. The lowest BCUT2D eigenvalue weighted by atomic mass is 10.0. The molecule has 0 aliphatic rings. The average molecular weight is 444 g/mol. The summed E-state index contributed by atoms with van der Waals surface area (Å²) in [5.41, 5.74) is 0.978. The van der Waals surface area contributed by atoms with Crippen LogP contribution in [0.3, 0.4) is 0 Å². The maximum absolute atomic E-state index is 12.8. The van der Waals surface area contributed by atoms with Gasteiger partial charge in [0.05, 0.1) is 23.8 Å². The summed E-state index contributed by atoms with van der Waals surface area (Å²) in [5, 5.41) is 3.40. The van der Waals surface area contributed by atoms with Crippen LogP contribution in [-0.2, 0) is 21.8 Å². The van der Waals surface area contributed by atoms with Crippen molar-refractivity contribution in [3.05, 3.63) is 89.3 Å². The molecule has 0 bridgehead atoms. The van der Waals surface area contributed by atoms with Crippen LogP contribution in [0.1, 0.15) is 11.3 Å². The fourth-order valence-corrected chi connectivity index (χ4v) is 3.75. The number of rotatable bonds is 11. The van der Waals surface area contributed by atoms with E-state index in [9.17, 15) is 9.59 Å². The molecule has 1 heterocycles. The maximum Gasteiger partial charge on any atom is 0.258 e. The fourth-order valence-electron chi connectivity index (χ4n) is 2.76. The van der Waals surface area contributed by atoms with Gasteiger partial charge in [-0.3, -0.25) is 9.59 Å². The van der Waals surface area contributed by atoms with Crippen molar-refractivity contribution in [2.45, 2.75) is 18.2 Å². The predicted molar refractivity (Wildman–Crippen MR) is 119 cm³/mol. The van der Waals surface area contributed by atoms with Crippen molar-refractivity contribution in [2.75, 3.05) is 12.4 Å². The van der Waals surface area contributed by atoms with Gasteiger partial charge in [0.2, 0.25) is 0 Å². The first-order valence-electron chi connectivity index (χ1n) is 9.44. The maximum atomic E-state index is 12.8. The highest BCUT2D eigenvalue weighted by molar-refractivity contribution is 7.99. The van der Waals surface area contributed by atoms with Crippen LogP contribution in [0.4, 0.5) is 0 Å². The number of nitrogens with one attached hydrogen (secondary N) is 1. The lowest BCUT2D eigenvalue weighted by Gasteiger charge is -2.18. The van der Waals surface area contributed by atoms with Gasteiger partial charge in [-0.05, 0) is 48.4 Å². The zero-order valence-corrected chi connectivity index (χ0v) is 17.8. The van der Waals surface area contributed by atoms with E-state index in [1.807, 2.05) is 42.5 Å². The molecule has 0 fully saturated rings. The predicted octanol–water partition coefficient (Wildman–Crippen LogP) is 4.54. The minimum absolute atomic E-state index is 0.0461. The lowest BCUT2D eigenvalue weighted by molar-refractivity contribution is -0.128. The normalized spacial score (nSPS) is 11.6. The second-order valence-electron chi connectivity index (χ2n) is 6.59. The summed E-state index contributed by atoms with van der Waals surface area (Å²) in [5.74, 6) is 1.83. The molecule has 0 aliphatic heterocycles. The summed E-state index contributed by atoms with van der Waals surface area (Å²) in [6.45, 7) is -0.181. The minimum Gasteiger partial charge on any atom is -0.484 e. The SMILES string of the molecule is O=C(COc1ccc(Cl)cc1)NC(Cc1ccccc1)C(=O)CSCc1ccco1. The Kier molecular flexibility index (Phi) is 8.41. The van der Waals surface area contributed by atoms with Gasteiger partial charge in [0, 0.05) is 5.02 Å². The molecule has 156 valence electrons. The highest BCUT2D eigenvalue weighted by Gasteiger charge is 2.21. The van der Waals surface area contributed by atoms with E-state index in [1.54, 1.807) is 30.5 Å². The molecule has 30 heavy (non-hydrogen) atoms. The molecule has 0 spiro atoms. The van der Waals surface area contributed by atoms with Crippen molar-refractivity contribution in [2.24, 2.45) is 0 Å². The van der Waals surface area contributed by atoms with E-state index in [1.165, 1.54) is 11.8 Å². The first-order chi connectivity index (χ1) is 14.6. The van der Waals surface area contributed by atoms with Crippen LogP contribution in [0.25, 0.3) is 0 Å². The zero-order valence-electron chi connectivity index (χ0n) is 16.3. The van der Waals surface area contributed by atoms with Crippen LogP contribution >= 0.6 is 23.4 Å². The van der Waals surface area contributed by atoms with Gasteiger partial charge in [0.1, 0.15) is 11.5 Å². The number of amides is 1. The number of halogens is 1. The number of furan rings is 1. The third-order valence-corrected chi connectivity index (χ3v) is 5.49. The van der Waals surface area contributed by atoms with Crippen LogP contribution in [0, 0.1) is 0 Å². The standard InChI is InChI=1S/C23H22ClNO4S/c24-18-8-10-19(11-9-18)29-14-23(27)25-21(13-17-5-2-1-3-6-17)22(26)16-30-15-20-7-4-12-28-20/h1-12,21H,13-16H2,(H,25,27). The molecule has 7 heteroatoms. The van der Waals surface area contributed by atoms with Crippen molar-refractivity contribution < 1.29 is 18.7 Å². The van der Waals surface area contributed by atoms with Gasteiger partial charge in [-0.15, -0.1) is 11.8 Å². The Labute approximate surface area is 184 Å². The van der Waals surface area contributed by atoms with Crippen LogP contribution in [0.15, 0.2) is 77.4 Å². The number of benzene rings is 2. The third kappa shape index (κ3) is 7.28. The molecule has 1 aromatic heterocycles. The quantitative estimate of drug-likeness (QED) is 0.471. The largest absolute Gasteiger partial charge is 0.484 e. The number of ether oxygens (including phenoxy) is 1. The monoisotopic (exact) mass is 443 g/mol. The number of thioether (sulfide) groups is 1. The molecule has 3 aromatic rings. The van der Waals surface area contributed by atoms with Crippen LogP contribution < -0.4 is 10.1 Å². The molecular formula is C23H22ClNO4S. The molecule has 3 rings (SSSR count). The Balaban J connectivity index is 1.55. The number of carbonyl (C=O) groups excluding carboxylic acids is 2. The highest BCUT2D eigenvalue weighted by atomic mass is 35.5. The molecule has 2 aromatic carbocycles. The molecule has 0 saturated carbocycles. The van der Waals surface area contributed by atoms with Crippen LogP contribution in [0.2, 0.25) is 5.02 Å². The molecule has 1 amide bonds. The molecule has 0 radical (unpaired) electrons. The Morgan fingerprint density at radius 1 is 1.03 bits per heavy atom. The van der Waals surface area contributed by atoms with Gasteiger partial charge in [-0.25, -0.2) is 0 Å². The van der Waals surface area contributed by atoms with E-state index in [2.05, 4.69) is 5.32 Å². The van der Waals surface area contributed by atoms with Crippen molar-refractivity contribution in [3.63, 3.8) is 0 Å². The van der Waals surface area contributed by atoms with E-state index < -0.39 is 6.04 Å². The molecule has 1 atom stereocenters. The Hall–Kier alpha value is -2.70. The second kappa shape index (κ2) is 11.5. The Morgan fingerprint density at radius 3 is 2.50 bits per heavy atom. The lowest BCUT2D eigenvalue weighted by Crippen LogP contribution is -2.45. The van der Waals surface area contributed by atoms with E-state index in [0.717, 1.165) is 11.3 Å². The fraction of sp³-hybridized carbons (Fsp3) is 0.217. The van der Waals surface area contributed by atoms with E-state index in [4.69, 9.17) is 20.8 Å². The van der Waals surface area contributed by atoms with Gasteiger partial charge in [0.15, 0.2) is 12.4 Å². The van der Waals surface area contributed by atoms with Crippen molar-refractivity contribution in [1.82, 2.24) is 5.32 Å². The van der Waals surface area contributed by atoms with E-state index >= 15 is 0 Å². The summed E-state index contributed by atoms with van der Waals surface area (Å²) in [6.07, 6.45) is 2.03. The van der Waals surface area contributed by atoms with Gasteiger partial charge in [-0.1, -0.05) is 41.9 Å². The first kappa shape index (κ1) is 22.0. The number of carbonyl (C=O) groups is 2. The van der Waals surface area contributed by atoms with Gasteiger partial charge >= 0.3 is 0 Å². The van der Waals surface area contributed by atoms with Crippen molar-refractivity contribution >= 4 is 35.1 Å². The number of ketones is 1. The van der Waals surface area contributed by atoms with Gasteiger partial charge in [-0.2, -0.15) is 0 Å². The van der Waals surface area contributed by atoms with Gasteiger partial charge in [0.25, 0.3) is 5.91 Å². The van der Waals surface area contributed by atoms with Crippen LogP contribution in [0.5, 0.6) is 5.75 Å². The van der Waals surface area contributed by atoms with Crippen molar-refractivity contribution in [1.29, 1.82) is 0 Å². The molecule has 5 nitrogen and oxygen atoms in total. The number of Topliss-reactive ketones (excluding diaryl/α,β-unsaturated/α-hetero) is 1. The molecule has 0 saturated heterocycles. The number of hydrogen-bond acceptors (Lipinski definition) is 5. The van der Waals surface area contributed by atoms with Crippen LogP contribution in [-0.4, -0.2) is 30.1 Å². The smallest absolute Gasteiger partial charge is 0.258 e. The van der Waals surface area contributed by atoms with Gasteiger partial charge < -0.3 is 14.5 Å². The molecular weight excluding hydrogens is 422 g/mol. The first-order valence-corrected chi connectivity index (χ1v) is 11.0. The number of hydrogen-bond donors (Lipinski definition) is 1. The highest BCUT2D eigenvalue weighted by Crippen LogP contribution is 2.16. The third-order valence-electron chi connectivity index (χ3n) is 4.26. The average Bonchev–Trinajstić information content (AvgIpc) is 3.27. The van der Waals surface area contributed by atoms with E-state index in [0.29, 0.717) is 22.9 Å². The second-order valence-corrected chi connectivity index (χ2v) is 8.01. The summed E-state index contributed by atoms with van der Waals surface area (Å²) >= 11 is 7.31. The zero-order chi connectivity index (χ0) is 21.2. The Bertz CT molecular complexity index is 930.